The maximum Gasteiger partial charge on any atom is 0.333 e. The van der Waals surface area contributed by atoms with E-state index in [2.05, 4.69) is 9.32 Å². The van der Waals surface area contributed by atoms with Gasteiger partial charge in [0.05, 0.1) is 6.61 Å². The van der Waals surface area contributed by atoms with Gasteiger partial charge in [-0.05, 0) is 0 Å². The molecule has 0 unspecified atom stereocenters. The second-order valence-corrected chi connectivity index (χ2v) is 2.32. The van der Waals surface area contributed by atoms with Gasteiger partial charge < -0.3 is 5.73 Å². The van der Waals surface area contributed by atoms with Crippen molar-refractivity contribution in [2.45, 2.75) is 0 Å². The molecule has 0 amide bonds. The van der Waals surface area contributed by atoms with Gasteiger partial charge in [0, 0.05) is 6.54 Å². The number of nitrogens with two attached hydrogens (primary N) is 2. The molecule has 0 radical (unpaired) electrons. The van der Waals surface area contributed by atoms with E-state index in [9.17, 15) is 8.42 Å². The SMILES string of the molecule is NCCOS(N)(=O)=O. The fourth-order valence-electron chi connectivity index (χ4n) is 0.164. The van der Waals surface area contributed by atoms with E-state index in [0.717, 1.165) is 0 Å². The second kappa shape index (κ2) is 2.98. The van der Waals surface area contributed by atoms with Crippen molar-refractivity contribution in [1.82, 2.24) is 0 Å². The summed E-state index contributed by atoms with van der Waals surface area (Å²) in [5, 5.41) is 4.42. The predicted octanol–water partition coefficient (Wildman–Crippen LogP) is -1.83. The lowest BCUT2D eigenvalue weighted by Gasteiger charge is -1.94. The molecule has 0 spiro atoms. The Morgan fingerprint density at radius 2 is 2.00 bits per heavy atom. The Bertz CT molecular complexity index is 139. The minimum absolute atomic E-state index is 0.0567. The molecule has 0 aliphatic heterocycles. The fourth-order valence-corrected chi connectivity index (χ4v) is 0.493. The summed E-state index contributed by atoms with van der Waals surface area (Å²) >= 11 is 0. The summed E-state index contributed by atoms with van der Waals surface area (Å²) in [4.78, 5) is 0. The molecule has 6 heteroatoms. The third-order valence-electron chi connectivity index (χ3n) is 0.365. The molecule has 8 heavy (non-hydrogen) atoms. The van der Waals surface area contributed by atoms with Gasteiger partial charge in [0.15, 0.2) is 0 Å². The highest BCUT2D eigenvalue weighted by Crippen LogP contribution is 1.76. The molecule has 0 saturated carbocycles. The summed E-state index contributed by atoms with van der Waals surface area (Å²) in [6.45, 7) is 0.0925. The lowest BCUT2D eigenvalue weighted by molar-refractivity contribution is 0.328. The van der Waals surface area contributed by atoms with Crippen molar-refractivity contribution in [2.75, 3.05) is 13.2 Å². The first-order valence-electron chi connectivity index (χ1n) is 1.93. The predicted molar refractivity (Wildman–Crippen MR) is 28.1 cm³/mol. The first-order chi connectivity index (χ1) is 3.56. The van der Waals surface area contributed by atoms with E-state index in [1.165, 1.54) is 0 Å². The van der Waals surface area contributed by atoms with Crippen LogP contribution in [0.4, 0.5) is 0 Å². The van der Waals surface area contributed by atoms with Crippen LogP contribution in [0.1, 0.15) is 0 Å². The van der Waals surface area contributed by atoms with Gasteiger partial charge in [-0.25, -0.2) is 5.14 Å². The van der Waals surface area contributed by atoms with E-state index in [1.54, 1.807) is 0 Å². The van der Waals surface area contributed by atoms with Crippen LogP contribution in [0, 0.1) is 0 Å². The molecule has 5 nitrogen and oxygen atoms in total. The Kier molecular flexibility index (Phi) is 2.91. The first-order valence-corrected chi connectivity index (χ1v) is 3.40. The Morgan fingerprint density at radius 1 is 1.50 bits per heavy atom. The number of hydrogen-bond acceptors (Lipinski definition) is 4. The Labute approximate surface area is 47.9 Å². The summed E-state index contributed by atoms with van der Waals surface area (Å²) in [5.74, 6) is 0. The molecule has 0 aliphatic rings. The highest BCUT2D eigenvalue weighted by Gasteiger charge is 1.97. The van der Waals surface area contributed by atoms with Gasteiger partial charge in [0.1, 0.15) is 0 Å². The molecule has 0 aromatic rings. The number of rotatable bonds is 3. The van der Waals surface area contributed by atoms with Crippen LogP contribution in [0.25, 0.3) is 0 Å². The van der Waals surface area contributed by atoms with Gasteiger partial charge in [0.2, 0.25) is 0 Å². The summed E-state index contributed by atoms with van der Waals surface area (Å²) in [6.07, 6.45) is 0. The van der Waals surface area contributed by atoms with Crippen LogP contribution in [0.5, 0.6) is 0 Å². The standard InChI is InChI=1S/C2H8N2O3S/c3-1-2-7-8(4,5)6/h1-3H2,(H2,4,5,6). The van der Waals surface area contributed by atoms with Crippen LogP contribution in [0.15, 0.2) is 0 Å². The molecule has 0 saturated heterocycles. The zero-order chi connectivity index (χ0) is 6.62. The lowest BCUT2D eigenvalue weighted by Crippen LogP contribution is -2.20. The largest absolute Gasteiger partial charge is 0.333 e. The minimum Gasteiger partial charge on any atom is -0.328 e. The maximum absolute atomic E-state index is 9.89. The summed E-state index contributed by atoms with van der Waals surface area (Å²) in [5.41, 5.74) is 4.89. The van der Waals surface area contributed by atoms with Crippen molar-refractivity contribution < 1.29 is 12.6 Å². The molecule has 0 aromatic heterocycles. The second-order valence-electron chi connectivity index (χ2n) is 1.10. The van der Waals surface area contributed by atoms with E-state index in [0.29, 0.717) is 0 Å². The van der Waals surface area contributed by atoms with Gasteiger partial charge in [-0.2, -0.15) is 8.42 Å². The Hall–Kier alpha value is -0.170. The summed E-state index contributed by atoms with van der Waals surface area (Å²) in [7, 11) is -3.77. The molecule has 0 rings (SSSR count). The summed E-state index contributed by atoms with van der Waals surface area (Å²) in [6, 6.07) is 0. The first kappa shape index (κ1) is 7.83. The van der Waals surface area contributed by atoms with E-state index in [-0.39, 0.29) is 13.2 Å². The third kappa shape index (κ3) is 5.83. The van der Waals surface area contributed by atoms with Crippen LogP contribution < -0.4 is 10.9 Å². The molecule has 0 bridgehead atoms. The van der Waals surface area contributed by atoms with Crippen LogP contribution in [0.3, 0.4) is 0 Å². The Balaban J connectivity index is 3.42. The zero-order valence-corrected chi connectivity index (χ0v) is 5.02. The van der Waals surface area contributed by atoms with Crippen molar-refractivity contribution in [3.8, 4) is 0 Å². The molecule has 0 atom stereocenters. The molecule has 0 aromatic carbocycles. The van der Waals surface area contributed by atoms with Crippen LogP contribution in [-0.4, -0.2) is 21.6 Å². The van der Waals surface area contributed by atoms with E-state index in [4.69, 9.17) is 5.73 Å². The van der Waals surface area contributed by atoms with E-state index >= 15 is 0 Å². The van der Waals surface area contributed by atoms with Gasteiger partial charge in [-0.1, -0.05) is 0 Å². The van der Waals surface area contributed by atoms with Gasteiger partial charge in [-0.3, -0.25) is 4.18 Å². The zero-order valence-electron chi connectivity index (χ0n) is 4.20. The highest BCUT2D eigenvalue weighted by atomic mass is 32.2. The molecular formula is C2H8N2O3S. The minimum atomic E-state index is -3.77. The lowest BCUT2D eigenvalue weighted by atomic mass is 10.8. The van der Waals surface area contributed by atoms with Crippen LogP contribution in [0.2, 0.25) is 0 Å². The fraction of sp³-hybridized carbons (Fsp3) is 1.00. The maximum atomic E-state index is 9.89. The average molecular weight is 140 g/mol. The molecule has 50 valence electrons. The monoisotopic (exact) mass is 140 g/mol. The van der Waals surface area contributed by atoms with Crippen molar-refractivity contribution in [3.05, 3.63) is 0 Å². The third-order valence-corrected chi connectivity index (χ3v) is 0.861. The van der Waals surface area contributed by atoms with Crippen LogP contribution >= 0.6 is 0 Å². The molecule has 0 aliphatic carbocycles. The van der Waals surface area contributed by atoms with Crippen molar-refractivity contribution in [2.24, 2.45) is 10.9 Å². The van der Waals surface area contributed by atoms with E-state index in [1.807, 2.05) is 0 Å². The quantitative estimate of drug-likeness (QED) is 0.481. The highest BCUT2D eigenvalue weighted by molar-refractivity contribution is 7.84. The van der Waals surface area contributed by atoms with Gasteiger partial charge in [-0.15, -0.1) is 0 Å². The Morgan fingerprint density at radius 3 is 2.12 bits per heavy atom. The normalized spacial score (nSPS) is 11.8. The molecule has 0 heterocycles. The number of hydrogen-bond donors (Lipinski definition) is 2. The molecular weight excluding hydrogens is 132 g/mol. The van der Waals surface area contributed by atoms with Crippen molar-refractivity contribution in [3.63, 3.8) is 0 Å². The van der Waals surface area contributed by atoms with E-state index < -0.39 is 10.3 Å². The summed E-state index contributed by atoms with van der Waals surface area (Å²) < 4.78 is 23.8. The average Bonchev–Trinajstić information content (AvgIpc) is 1.59. The van der Waals surface area contributed by atoms with Gasteiger partial charge in [0.25, 0.3) is 0 Å². The van der Waals surface area contributed by atoms with Crippen molar-refractivity contribution >= 4 is 10.3 Å². The van der Waals surface area contributed by atoms with Crippen LogP contribution in [-0.2, 0) is 14.5 Å². The smallest absolute Gasteiger partial charge is 0.328 e. The topological polar surface area (TPSA) is 95.4 Å². The molecule has 4 N–H and O–H groups in total. The van der Waals surface area contributed by atoms with Crippen molar-refractivity contribution in [1.29, 1.82) is 0 Å². The van der Waals surface area contributed by atoms with Gasteiger partial charge >= 0.3 is 10.3 Å². The molecule has 0 fully saturated rings.